The Labute approximate surface area is 65.7 Å². The molecule has 68 valence electrons. The Bertz CT molecular complexity index is 234. The van der Waals surface area contributed by atoms with E-state index < -0.39 is 30.0 Å². The molecule has 0 aromatic heterocycles. The van der Waals surface area contributed by atoms with E-state index in [1.54, 1.807) is 0 Å². The normalized spacial score (nSPS) is 12.1. The van der Waals surface area contributed by atoms with E-state index in [0.29, 0.717) is 0 Å². The molecule has 0 bridgehead atoms. The maximum absolute atomic E-state index is 12.2. The van der Waals surface area contributed by atoms with E-state index in [2.05, 4.69) is 6.58 Å². The van der Waals surface area contributed by atoms with Crippen LogP contribution in [0.5, 0.6) is 0 Å². The fourth-order valence-corrected chi connectivity index (χ4v) is 0.418. The van der Waals surface area contributed by atoms with Crippen LogP contribution < -0.4 is 0 Å². The van der Waals surface area contributed by atoms with Crippen LogP contribution in [-0.4, -0.2) is 0 Å². The lowest BCUT2D eigenvalue weighted by Crippen LogP contribution is -1.83. The number of allylic oxidation sites excluding steroid dienone is 4. The zero-order valence-corrected chi connectivity index (χ0v) is 5.88. The predicted molar refractivity (Wildman–Crippen MR) is 34.4 cm³/mol. The summed E-state index contributed by atoms with van der Waals surface area (Å²) in [6, 6.07) is 0. The Morgan fingerprint density at radius 3 is 1.83 bits per heavy atom. The minimum atomic E-state index is -2.88. The van der Waals surface area contributed by atoms with Crippen LogP contribution in [0, 0.1) is 0 Å². The third-order valence-electron chi connectivity index (χ3n) is 0.920. The topological polar surface area (TPSA) is 0 Å². The smallest absolute Gasteiger partial charge is 0.208 e. The van der Waals surface area contributed by atoms with Gasteiger partial charge >= 0.3 is 6.08 Å². The molecular formula is C7H5F5. The number of hydrogen-bond acceptors (Lipinski definition) is 0. The average molecular weight is 184 g/mol. The van der Waals surface area contributed by atoms with Gasteiger partial charge in [-0.3, -0.25) is 0 Å². The Balaban J connectivity index is 4.78. The van der Waals surface area contributed by atoms with Crippen LogP contribution in [0.25, 0.3) is 0 Å². The standard InChI is InChI=1S/C7H5F5/c1-2-3-4(8)5(9)6(10)7(11)12/h2H,1,3H2/b5-4+. The van der Waals surface area contributed by atoms with Gasteiger partial charge in [-0.25, -0.2) is 8.78 Å². The summed E-state index contributed by atoms with van der Waals surface area (Å²) in [5, 5.41) is 0. The molecule has 0 unspecified atom stereocenters. The average Bonchev–Trinajstić information content (AvgIpc) is 2.02. The molecule has 0 aliphatic rings. The van der Waals surface area contributed by atoms with Crippen LogP contribution in [0.4, 0.5) is 22.0 Å². The van der Waals surface area contributed by atoms with E-state index in [1.165, 1.54) is 0 Å². The quantitative estimate of drug-likeness (QED) is 0.355. The molecular weight excluding hydrogens is 179 g/mol. The molecule has 0 saturated heterocycles. The molecule has 0 nitrogen and oxygen atoms in total. The summed E-state index contributed by atoms with van der Waals surface area (Å²) in [6.45, 7) is 3.02. The zero-order valence-electron chi connectivity index (χ0n) is 5.88. The van der Waals surface area contributed by atoms with Gasteiger partial charge in [0, 0.05) is 6.42 Å². The molecule has 5 heteroatoms. The van der Waals surface area contributed by atoms with Crippen molar-refractivity contribution in [2.45, 2.75) is 6.42 Å². The number of halogens is 5. The van der Waals surface area contributed by atoms with Crippen LogP contribution in [0.15, 0.2) is 36.2 Å². The van der Waals surface area contributed by atoms with Gasteiger partial charge in [0.25, 0.3) is 0 Å². The lowest BCUT2D eigenvalue weighted by atomic mass is 10.3. The van der Waals surface area contributed by atoms with Gasteiger partial charge in [-0.1, -0.05) is 6.08 Å². The number of rotatable bonds is 3. The van der Waals surface area contributed by atoms with Crippen molar-refractivity contribution in [2.75, 3.05) is 0 Å². The zero-order chi connectivity index (χ0) is 9.72. The molecule has 0 amide bonds. The first-order valence-electron chi connectivity index (χ1n) is 2.86. The van der Waals surface area contributed by atoms with Gasteiger partial charge in [0.15, 0.2) is 5.83 Å². The molecule has 12 heavy (non-hydrogen) atoms. The second kappa shape index (κ2) is 4.69. The molecule has 0 heterocycles. The molecule has 0 N–H and O–H groups in total. The predicted octanol–water partition coefficient (Wildman–Crippen LogP) is 3.79. The summed E-state index contributed by atoms with van der Waals surface area (Å²) < 4.78 is 59.0. The van der Waals surface area contributed by atoms with E-state index in [-0.39, 0.29) is 0 Å². The first-order chi connectivity index (χ1) is 5.50. The van der Waals surface area contributed by atoms with E-state index >= 15 is 0 Å². The van der Waals surface area contributed by atoms with Crippen LogP contribution in [0.2, 0.25) is 0 Å². The molecule has 0 saturated carbocycles. The lowest BCUT2D eigenvalue weighted by molar-refractivity contribution is 0.365. The molecule has 0 aromatic rings. The highest BCUT2D eigenvalue weighted by molar-refractivity contribution is 5.23. The van der Waals surface area contributed by atoms with E-state index in [9.17, 15) is 22.0 Å². The van der Waals surface area contributed by atoms with Crippen molar-refractivity contribution in [1.82, 2.24) is 0 Å². The third kappa shape index (κ3) is 2.86. The first-order valence-corrected chi connectivity index (χ1v) is 2.86. The monoisotopic (exact) mass is 184 g/mol. The summed E-state index contributed by atoms with van der Waals surface area (Å²) in [4.78, 5) is 0. The second-order valence-electron chi connectivity index (χ2n) is 1.79. The van der Waals surface area contributed by atoms with Gasteiger partial charge in [0.2, 0.25) is 5.83 Å². The largest absolute Gasteiger partial charge is 0.308 e. The summed E-state index contributed by atoms with van der Waals surface area (Å²) in [7, 11) is 0. The van der Waals surface area contributed by atoms with Crippen molar-refractivity contribution in [3.63, 3.8) is 0 Å². The molecule has 0 fully saturated rings. The van der Waals surface area contributed by atoms with Gasteiger partial charge in [0.05, 0.1) is 0 Å². The van der Waals surface area contributed by atoms with E-state index in [1.807, 2.05) is 0 Å². The van der Waals surface area contributed by atoms with Crippen LogP contribution in [0.3, 0.4) is 0 Å². The molecule has 0 radical (unpaired) electrons. The Morgan fingerprint density at radius 1 is 1.00 bits per heavy atom. The SMILES string of the molecule is C=CC/C(F)=C(\F)C(F)=C(F)F. The van der Waals surface area contributed by atoms with Crippen LogP contribution in [0.1, 0.15) is 6.42 Å². The summed E-state index contributed by atoms with van der Waals surface area (Å²) in [6.07, 6.45) is -2.57. The van der Waals surface area contributed by atoms with Crippen LogP contribution in [-0.2, 0) is 0 Å². The number of hydrogen-bond donors (Lipinski definition) is 0. The fourth-order valence-electron chi connectivity index (χ4n) is 0.418. The summed E-state index contributed by atoms with van der Waals surface area (Å²) in [5.41, 5.74) is 0. The Kier molecular flexibility index (Phi) is 4.25. The molecule has 0 aromatic carbocycles. The van der Waals surface area contributed by atoms with Crippen molar-refractivity contribution in [3.8, 4) is 0 Å². The molecule has 0 rings (SSSR count). The van der Waals surface area contributed by atoms with Crippen molar-refractivity contribution >= 4 is 0 Å². The molecule has 0 atom stereocenters. The van der Waals surface area contributed by atoms with Gasteiger partial charge < -0.3 is 0 Å². The van der Waals surface area contributed by atoms with Crippen molar-refractivity contribution in [3.05, 3.63) is 36.2 Å². The van der Waals surface area contributed by atoms with Gasteiger partial charge in [-0.15, -0.1) is 6.58 Å². The summed E-state index contributed by atoms with van der Waals surface area (Å²) >= 11 is 0. The first kappa shape index (κ1) is 10.9. The Morgan fingerprint density at radius 2 is 1.50 bits per heavy atom. The maximum atomic E-state index is 12.2. The highest BCUT2D eigenvalue weighted by Crippen LogP contribution is 2.25. The Hall–Kier alpha value is -1.13. The second-order valence-corrected chi connectivity index (χ2v) is 1.79. The highest BCUT2D eigenvalue weighted by Gasteiger charge is 2.16. The van der Waals surface area contributed by atoms with Crippen LogP contribution >= 0.6 is 0 Å². The molecule has 0 aliphatic carbocycles. The van der Waals surface area contributed by atoms with Crippen molar-refractivity contribution < 1.29 is 22.0 Å². The lowest BCUT2D eigenvalue weighted by Gasteiger charge is -1.93. The third-order valence-corrected chi connectivity index (χ3v) is 0.920. The van der Waals surface area contributed by atoms with E-state index in [4.69, 9.17) is 0 Å². The van der Waals surface area contributed by atoms with Crippen molar-refractivity contribution in [1.29, 1.82) is 0 Å². The van der Waals surface area contributed by atoms with Gasteiger partial charge in [-0.2, -0.15) is 13.2 Å². The highest BCUT2D eigenvalue weighted by atomic mass is 19.3. The molecule has 0 spiro atoms. The minimum absolute atomic E-state index is 0.619. The summed E-state index contributed by atoms with van der Waals surface area (Å²) in [5.74, 6) is -6.24. The van der Waals surface area contributed by atoms with Gasteiger partial charge in [0.1, 0.15) is 5.83 Å². The van der Waals surface area contributed by atoms with Crippen molar-refractivity contribution in [2.24, 2.45) is 0 Å². The van der Waals surface area contributed by atoms with E-state index in [0.717, 1.165) is 6.08 Å². The fraction of sp³-hybridized carbons (Fsp3) is 0.143. The maximum Gasteiger partial charge on any atom is 0.308 e. The minimum Gasteiger partial charge on any atom is -0.208 e. The molecule has 0 aliphatic heterocycles. The van der Waals surface area contributed by atoms with Gasteiger partial charge in [-0.05, 0) is 0 Å².